The lowest BCUT2D eigenvalue weighted by Crippen LogP contribution is -2.41. The van der Waals surface area contributed by atoms with E-state index in [2.05, 4.69) is 33.1 Å². The van der Waals surface area contributed by atoms with Crippen molar-refractivity contribution in [3.05, 3.63) is 35.9 Å². The average Bonchev–Trinajstić information content (AvgIpc) is 2.52. The summed E-state index contributed by atoms with van der Waals surface area (Å²) in [6.07, 6.45) is 0.935. The van der Waals surface area contributed by atoms with Crippen LogP contribution >= 0.6 is 24.0 Å². The maximum absolute atomic E-state index is 11.8. The number of benzene rings is 1. The Bertz CT molecular complexity index is 489. The van der Waals surface area contributed by atoms with E-state index in [1.807, 2.05) is 39.0 Å². The van der Waals surface area contributed by atoms with Crippen LogP contribution in [0.3, 0.4) is 0 Å². The lowest BCUT2D eigenvalue weighted by atomic mass is 9.93. The molecular weight excluding hydrogens is 403 g/mol. The van der Waals surface area contributed by atoms with Crippen LogP contribution in [0.2, 0.25) is 0 Å². The third-order valence-electron chi connectivity index (χ3n) is 3.37. The van der Waals surface area contributed by atoms with Crippen LogP contribution in [0.15, 0.2) is 35.3 Å². The van der Waals surface area contributed by atoms with E-state index in [-0.39, 0.29) is 29.9 Å². The fourth-order valence-corrected chi connectivity index (χ4v) is 2.00. The van der Waals surface area contributed by atoms with E-state index in [0.717, 1.165) is 25.5 Å². The Morgan fingerprint density at radius 2 is 1.83 bits per heavy atom. The fraction of sp³-hybridized carbons (Fsp3) is 0.529. The molecule has 6 heteroatoms. The fourth-order valence-electron chi connectivity index (χ4n) is 2.00. The van der Waals surface area contributed by atoms with Gasteiger partial charge in [0, 0.05) is 20.1 Å². The number of carbonyl (C=O) groups excluding carboxylic acids is 1. The van der Waals surface area contributed by atoms with Crippen molar-refractivity contribution in [2.45, 2.75) is 27.2 Å². The number of halogens is 1. The molecule has 0 saturated heterocycles. The highest BCUT2D eigenvalue weighted by Gasteiger charge is 2.26. The minimum atomic E-state index is -0.517. The third kappa shape index (κ3) is 8.20. The molecule has 3 N–H and O–H groups in total. The zero-order valence-corrected chi connectivity index (χ0v) is 16.8. The van der Waals surface area contributed by atoms with Crippen LogP contribution in [0, 0.1) is 5.41 Å². The van der Waals surface area contributed by atoms with E-state index in [9.17, 15) is 4.79 Å². The van der Waals surface area contributed by atoms with Gasteiger partial charge in [-0.05, 0) is 32.8 Å². The van der Waals surface area contributed by atoms with E-state index in [1.165, 1.54) is 5.56 Å². The van der Waals surface area contributed by atoms with Gasteiger partial charge in [-0.3, -0.25) is 9.79 Å². The second kappa shape index (κ2) is 11.3. The molecule has 1 amide bonds. The quantitative estimate of drug-likeness (QED) is 0.352. The van der Waals surface area contributed by atoms with Crippen molar-refractivity contribution in [2.24, 2.45) is 10.4 Å². The van der Waals surface area contributed by atoms with Crippen LogP contribution in [0.25, 0.3) is 0 Å². The first-order valence-corrected chi connectivity index (χ1v) is 7.78. The van der Waals surface area contributed by atoms with E-state index in [1.54, 1.807) is 7.05 Å². The van der Waals surface area contributed by atoms with Crippen LogP contribution in [-0.4, -0.2) is 38.5 Å². The van der Waals surface area contributed by atoms with Crippen molar-refractivity contribution in [1.29, 1.82) is 0 Å². The molecule has 1 rings (SSSR count). The number of nitrogens with one attached hydrogen (secondary N) is 3. The van der Waals surface area contributed by atoms with Crippen molar-refractivity contribution in [1.82, 2.24) is 16.0 Å². The molecule has 0 aromatic heterocycles. The van der Waals surface area contributed by atoms with Crippen LogP contribution in [-0.2, 0) is 11.2 Å². The van der Waals surface area contributed by atoms with Gasteiger partial charge in [-0.2, -0.15) is 0 Å². The molecule has 0 fully saturated rings. The SMILES string of the molecule is CCNC(=NCC(C)(C)C(=O)NC)NCCc1ccccc1.I. The van der Waals surface area contributed by atoms with Crippen molar-refractivity contribution in [3.63, 3.8) is 0 Å². The molecule has 0 aliphatic rings. The summed E-state index contributed by atoms with van der Waals surface area (Å²) in [7, 11) is 1.65. The molecule has 0 heterocycles. The summed E-state index contributed by atoms with van der Waals surface area (Å²) in [5.41, 5.74) is 0.771. The Morgan fingerprint density at radius 3 is 2.39 bits per heavy atom. The van der Waals surface area contributed by atoms with Crippen molar-refractivity contribution < 1.29 is 4.79 Å². The predicted molar refractivity (Wildman–Crippen MR) is 107 cm³/mol. The van der Waals surface area contributed by atoms with Crippen molar-refractivity contribution in [3.8, 4) is 0 Å². The molecule has 0 radical (unpaired) electrons. The highest BCUT2D eigenvalue weighted by atomic mass is 127. The van der Waals surface area contributed by atoms with Crippen molar-refractivity contribution in [2.75, 3.05) is 26.7 Å². The first kappa shape index (κ1) is 21.7. The molecule has 1 aromatic carbocycles. The third-order valence-corrected chi connectivity index (χ3v) is 3.37. The molecule has 0 saturated carbocycles. The van der Waals surface area contributed by atoms with Gasteiger partial charge in [0.25, 0.3) is 0 Å². The highest BCUT2D eigenvalue weighted by Crippen LogP contribution is 2.15. The van der Waals surface area contributed by atoms with E-state index >= 15 is 0 Å². The number of nitrogens with zero attached hydrogens (tertiary/aromatic N) is 1. The molecule has 0 spiro atoms. The van der Waals surface area contributed by atoms with E-state index < -0.39 is 5.41 Å². The first-order valence-electron chi connectivity index (χ1n) is 7.78. The Kier molecular flexibility index (Phi) is 10.6. The smallest absolute Gasteiger partial charge is 0.227 e. The molecule has 5 nitrogen and oxygen atoms in total. The summed E-state index contributed by atoms with van der Waals surface area (Å²) in [6, 6.07) is 10.3. The minimum absolute atomic E-state index is 0. The topological polar surface area (TPSA) is 65.5 Å². The van der Waals surface area contributed by atoms with Gasteiger partial charge in [-0.1, -0.05) is 30.3 Å². The lowest BCUT2D eigenvalue weighted by Gasteiger charge is -2.21. The summed E-state index contributed by atoms with van der Waals surface area (Å²) in [5.74, 6) is 0.742. The molecule has 0 bridgehead atoms. The summed E-state index contributed by atoms with van der Waals surface area (Å²) in [4.78, 5) is 16.3. The number of hydrogen-bond acceptors (Lipinski definition) is 2. The number of guanidine groups is 1. The largest absolute Gasteiger partial charge is 0.359 e. The number of carbonyl (C=O) groups is 1. The second-order valence-corrected chi connectivity index (χ2v) is 5.82. The van der Waals surface area contributed by atoms with Gasteiger partial charge in [-0.25, -0.2) is 0 Å². The maximum Gasteiger partial charge on any atom is 0.227 e. The molecule has 23 heavy (non-hydrogen) atoms. The van der Waals surface area contributed by atoms with Gasteiger partial charge in [0.2, 0.25) is 5.91 Å². The van der Waals surface area contributed by atoms with Crippen molar-refractivity contribution >= 4 is 35.8 Å². The molecule has 1 aromatic rings. The van der Waals surface area contributed by atoms with E-state index in [4.69, 9.17) is 0 Å². The molecular formula is C17H29IN4O. The summed E-state index contributed by atoms with van der Waals surface area (Å²) >= 11 is 0. The number of amides is 1. The Balaban J connectivity index is 0.00000484. The summed E-state index contributed by atoms with van der Waals surface area (Å²) in [6.45, 7) is 7.84. The average molecular weight is 432 g/mol. The standard InChI is InChI=1S/C17H28N4O.HI/c1-5-19-16(21-13-17(2,3)15(22)18-4)20-12-11-14-9-7-6-8-10-14;/h6-10H,5,11-13H2,1-4H3,(H,18,22)(H2,19,20,21);1H. The number of rotatable bonds is 7. The molecule has 0 aliphatic carbocycles. The molecule has 0 aliphatic heterocycles. The Labute approximate surface area is 156 Å². The van der Waals surface area contributed by atoms with Gasteiger partial charge >= 0.3 is 0 Å². The molecule has 0 unspecified atom stereocenters. The van der Waals surface area contributed by atoms with E-state index in [0.29, 0.717) is 6.54 Å². The van der Waals surface area contributed by atoms with Gasteiger partial charge in [0.15, 0.2) is 5.96 Å². The maximum atomic E-state index is 11.8. The molecule has 130 valence electrons. The van der Waals surface area contributed by atoms with Gasteiger partial charge < -0.3 is 16.0 Å². The molecule has 0 atom stereocenters. The zero-order chi connectivity index (χ0) is 16.4. The van der Waals surface area contributed by atoms with Crippen LogP contribution in [0.5, 0.6) is 0 Å². The minimum Gasteiger partial charge on any atom is -0.359 e. The number of hydrogen-bond donors (Lipinski definition) is 3. The second-order valence-electron chi connectivity index (χ2n) is 5.82. The highest BCUT2D eigenvalue weighted by molar-refractivity contribution is 14.0. The Morgan fingerprint density at radius 1 is 1.17 bits per heavy atom. The first-order chi connectivity index (χ1) is 10.5. The predicted octanol–water partition coefficient (Wildman–Crippen LogP) is 2.17. The Hall–Kier alpha value is -1.31. The number of aliphatic imine (C=N–C) groups is 1. The van der Waals surface area contributed by atoms with Gasteiger partial charge in [0.1, 0.15) is 0 Å². The summed E-state index contributed by atoms with van der Waals surface area (Å²) in [5, 5.41) is 9.19. The van der Waals surface area contributed by atoms with Crippen LogP contribution < -0.4 is 16.0 Å². The van der Waals surface area contributed by atoms with Crippen LogP contribution in [0.1, 0.15) is 26.3 Å². The summed E-state index contributed by atoms with van der Waals surface area (Å²) < 4.78 is 0. The van der Waals surface area contributed by atoms with Gasteiger partial charge in [0.05, 0.1) is 12.0 Å². The monoisotopic (exact) mass is 432 g/mol. The van der Waals surface area contributed by atoms with Crippen LogP contribution in [0.4, 0.5) is 0 Å². The normalized spacial score (nSPS) is 11.4. The lowest BCUT2D eigenvalue weighted by molar-refractivity contribution is -0.128. The zero-order valence-electron chi connectivity index (χ0n) is 14.5. The van der Waals surface area contributed by atoms with Gasteiger partial charge in [-0.15, -0.1) is 24.0 Å².